The second kappa shape index (κ2) is 6.76. The van der Waals surface area contributed by atoms with E-state index in [1.807, 2.05) is 0 Å². The Morgan fingerprint density at radius 3 is 2.44 bits per heavy atom. The number of hydrogen-bond acceptors (Lipinski definition) is 5. The number of hydrogen-bond donors (Lipinski definition) is 0. The summed E-state index contributed by atoms with van der Waals surface area (Å²) in [6.07, 6.45) is 0. The molecule has 2 heterocycles. The molecule has 2 aromatic carbocycles. The predicted octanol–water partition coefficient (Wildman–Crippen LogP) is 2.10. The first-order valence-corrected chi connectivity index (χ1v) is 8.41. The Labute approximate surface area is 153 Å². The van der Waals surface area contributed by atoms with Crippen LogP contribution in [0.1, 0.15) is 11.4 Å². The summed E-state index contributed by atoms with van der Waals surface area (Å²) in [5.41, 5.74) is 1.17. The number of nitro benzene ring substituents is 1. The summed E-state index contributed by atoms with van der Waals surface area (Å²) in [7, 11) is 0. The fraction of sp³-hybridized carbons (Fsp3) is 0.222. The summed E-state index contributed by atoms with van der Waals surface area (Å²) in [4.78, 5) is 25.0. The highest BCUT2D eigenvalue weighted by molar-refractivity contribution is 5.40. The van der Waals surface area contributed by atoms with E-state index in [4.69, 9.17) is 0 Å². The van der Waals surface area contributed by atoms with E-state index in [1.165, 1.54) is 41.1 Å². The van der Waals surface area contributed by atoms with Crippen LogP contribution >= 0.6 is 0 Å². The van der Waals surface area contributed by atoms with Gasteiger partial charge in [-0.25, -0.2) is 9.18 Å². The van der Waals surface area contributed by atoms with E-state index in [9.17, 15) is 19.3 Å². The van der Waals surface area contributed by atoms with Gasteiger partial charge in [-0.3, -0.25) is 19.6 Å². The molecule has 1 aromatic heterocycles. The van der Waals surface area contributed by atoms with Crippen molar-refractivity contribution in [1.82, 2.24) is 19.2 Å². The summed E-state index contributed by atoms with van der Waals surface area (Å²) in [5, 5.41) is 15.2. The fourth-order valence-electron chi connectivity index (χ4n) is 3.17. The molecular formula is C18H16FN5O3. The lowest BCUT2D eigenvalue weighted by atomic mass is 10.2. The minimum Gasteiger partial charge on any atom is -0.290 e. The second-order valence-corrected chi connectivity index (χ2v) is 6.37. The molecular weight excluding hydrogens is 353 g/mol. The molecule has 1 aliphatic rings. The number of fused-ring (bicyclic) bond motifs is 1. The van der Waals surface area contributed by atoms with Crippen LogP contribution in [-0.2, 0) is 19.6 Å². The number of aromatic nitrogens is 3. The molecule has 0 saturated heterocycles. The molecule has 27 heavy (non-hydrogen) atoms. The zero-order chi connectivity index (χ0) is 19.0. The zero-order valence-electron chi connectivity index (χ0n) is 14.3. The molecule has 0 bridgehead atoms. The Morgan fingerprint density at radius 1 is 1.07 bits per heavy atom. The van der Waals surface area contributed by atoms with Crippen molar-refractivity contribution >= 4 is 5.69 Å². The highest BCUT2D eigenvalue weighted by Crippen LogP contribution is 2.16. The van der Waals surface area contributed by atoms with Crippen LogP contribution in [0.15, 0.2) is 53.3 Å². The van der Waals surface area contributed by atoms with E-state index in [0.717, 1.165) is 5.56 Å². The Kier molecular flexibility index (Phi) is 4.28. The molecule has 138 valence electrons. The number of non-ortho nitro benzene ring substituents is 1. The van der Waals surface area contributed by atoms with E-state index in [2.05, 4.69) is 10.00 Å². The summed E-state index contributed by atoms with van der Waals surface area (Å²) in [6, 6.07) is 12.1. The summed E-state index contributed by atoms with van der Waals surface area (Å²) >= 11 is 0. The molecule has 8 nitrogen and oxygen atoms in total. The molecule has 0 amide bonds. The van der Waals surface area contributed by atoms with Crippen LogP contribution < -0.4 is 5.69 Å². The second-order valence-electron chi connectivity index (χ2n) is 6.37. The number of nitro groups is 1. The van der Waals surface area contributed by atoms with Crippen LogP contribution in [0, 0.1) is 15.9 Å². The van der Waals surface area contributed by atoms with Crippen LogP contribution in [-0.4, -0.2) is 30.7 Å². The third kappa shape index (κ3) is 3.36. The molecule has 3 aromatic rings. The topological polar surface area (TPSA) is 86.2 Å². The molecule has 9 heteroatoms. The van der Waals surface area contributed by atoms with Crippen molar-refractivity contribution in [3.05, 3.63) is 86.3 Å². The lowest BCUT2D eigenvalue weighted by Gasteiger charge is -2.26. The van der Waals surface area contributed by atoms with Gasteiger partial charge in [-0.2, -0.15) is 4.68 Å². The first-order valence-electron chi connectivity index (χ1n) is 8.41. The minimum absolute atomic E-state index is 0.0405. The van der Waals surface area contributed by atoms with Gasteiger partial charge in [0.1, 0.15) is 11.6 Å². The van der Waals surface area contributed by atoms with Gasteiger partial charge in [0.25, 0.3) is 5.69 Å². The van der Waals surface area contributed by atoms with Crippen LogP contribution in [0.3, 0.4) is 0 Å². The predicted molar refractivity (Wildman–Crippen MR) is 95.0 cm³/mol. The Balaban J connectivity index is 1.56. The SMILES string of the molecule is O=c1n(-c2ccc([N+](=O)[O-])cc2)nc2n1CCN(Cc1ccc(F)cc1)C2. The van der Waals surface area contributed by atoms with Crippen molar-refractivity contribution < 1.29 is 9.31 Å². The van der Waals surface area contributed by atoms with Crippen molar-refractivity contribution in [2.45, 2.75) is 19.6 Å². The van der Waals surface area contributed by atoms with Gasteiger partial charge >= 0.3 is 5.69 Å². The number of rotatable bonds is 4. The van der Waals surface area contributed by atoms with E-state index < -0.39 is 4.92 Å². The van der Waals surface area contributed by atoms with Crippen LogP contribution in [0.5, 0.6) is 0 Å². The monoisotopic (exact) mass is 369 g/mol. The Bertz CT molecular complexity index is 1040. The standard InChI is InChI=1S/C18H16FN5O3/c19-14-3-1-13(2-4-14)11-21-9-10-22-17(12-21)20-23(18(22)25)15-5-7-16(8-6-15)24(26)27/h1-8H,9-12H2. The Hall–Kier alpha value is -3.33. The van der Waals surface area contributed by atoms with Gasteiger partial charge in [0.05, 0.1) is 17.2 Å². The van der Waals surface area contributed by atoms with Crippen molar-refractivity contribution in [3.63, 3.8) is 0 Å². The van der Waals surface area contributed by atoms with Crippen molar-refractivity contribution in [2.75, 3.05) is 6.54 Å². The molecule has 4 rings (SSSR count). The number of benzene rings is 2. The van der Waals surface area contributed by atoms with E-state index in [0.29, 0.717) is 37.7 Å². The van der Waals surface area contributed by atoms with Crippen LogP contribution in [0.2, 0.25) is 0 Å². The van der Waals surface area contributed by atoms with Crippen LogP contribution in [0.25, 0.3) is 5.69 Å². The largest absolute Gasteiger partial charge is 0.350 e. The normalized spacial score (nSPS) is 14.1. The lowest BCUT2D eigenvalue weighted by Crippen LogP contribution is -2.37. The molecule has 0 saturated carbocycles. The Morgan fingerprint density at radius 2 is 1.78 bits per heavy atom. The van der Waals surface area contributed by atoms with Gasteiger partial charge in [-0.15, -0.1) is 5.10 Å². The maximum atomic E-state index is 13.0. The van der Waals surface area contributed by atoms with Gasteiger partial charge < -0.3 is 0 Å². The zero-order valence-corrected chi connectivity index (χ0v) is 14.3. The molecule has 0 aliphatic carbocycles. The smallest absolute Gasteiger partial charge is 0.290 e. The molecule has 0 radical (unpaired) electrons. The van der Waals surface area contributed by atoms with Gasteiger partial charge in [-0.05, 0) is 29.8 Å². The van der Waals surface area contributed by atoms with Gasteiger partial charge in [0, 0.05) is 31.8 Å². The molecule has 0 unspecified atom stereocenters. The summed E-state index contributed by atoms with van der Waals surface area (Å²) in [5.74, 6) is 0.361. The lowest BCUT2D eigenvalue weighted by molar-refractivity contribution is -0.384. The molecule has 0 atom stereocenters. The number of nitrogens with zero attached hydrogens (tertiary/aromatic N) is 5. The van der Waals surface area contributed by atoms with E-state index in [1.54, 1.807) is 16.7 Å². The first-order chi connectivity index (χ1) is 13.0. The van der Waals surface area contributed by atoms with Crippen molar-refractivity contribution in [3.8, 4) is 5.69 Å². The maximum absolute atomic E-state index is 13.0. The highest BCUT2D eigenvalue weighted by atomic mass is 19.1. The van der Waals surface area contributed by atoms with Crippen LogP contribution in [0.4, 0.5) is 10.1 Å². The molecule has 1 aliphatic heterocycles. The van der Waals surface area contributed by atoms with Gasteiger partial charge in [-0.1, -0.05) is 12.1 Å². The van der Waals surface area contributed by atoms with Crippen molar-refractivity contribution in [1.29, 1.82) is 0 Å². The summed E-state index contributed by atoms with van der Waals surface area (Å²) in [6.45, 7) is 2.31. The van der Waals surface area contributed by atoms with Crippen molar-refractivity contribution in [2.24, 2.45) is 0 Å². The molecule has 0 fully saturated rings. The quantitative estimate of drug-likeness (QED) is 0.519. The fourth-order valence-corrected chi connectivity index (χ4v) is 3.17. The van der Waals surface area contributed by atoms with E-state index >= 15 is 0 Å². The minimum atomic E-state index is -0.488. The average molecular weight is 369 g/mol. The first kappa shape index (κ1) is 17.1. The average Bonchev–Trinajstić information content (AvgIpc) is 3.00. The third-order valence-electron chi connectivity index (χ3n) is 4.57. The maximum Gasteiger partial charge on any atom is 0.350 e. The summed E-state index contributed by atoms with van der Waals surface area (Å²) < 4.78 is 15.9. The van der Waals surface area contributed by atoms with E-state index in [-0.39, 0.29) is 17.2 Å². The van der Waals surface area contributed by atoms with Gasteiger partial charge in [0.2, 0.25) is 0 Å². The molecule has 0 N–H and O–H groups in total. The number of halogens is 1. The molecule has 0 spiro atoms. The van der Waals surface area contributed by atoms with Gasteiger partial charge in [0.15, 0.2) is 0 Å². The highest BCUT2D eigenvalue weighted by Gasteiger charge is 2.22. The third-order valence-corrected chi connectivity index (χ3v) is 4.57.